The zero-order chi connectivity index (χ0) is 13.7. The van der Waals surface area contributed by atoms with Crippen molar-refractivity contribution in [2.24, 2.45) is 0 Å². The molecule has 1 amide bonds. The molecule has 104 valence electrons. The third-order valence-electron chi connectivity index (χ3n) is 3.23. The smallest absolute Gasteiger partial charge is 0.242 e. The van der Waals surface area contributed by atoms with Gasteiger partial charge in [0.2, 0.25) is 5.91 Å². The predicted molar refractivity (Wildman–Crippen MR) is 72.0 cm³/mol. The van der Waals surface area contributed by atoms with Crippen molar-refractivity contribution in [2.75, 3.05) is 25.6 Å². The Morgan fingerprint density at radius 1 is 1.47 bits per heavy atom. The molecule has 0 aromatic carbocycles. The maximum absolute atomic E-state index is 11.8. The number of methoxy groups -OCH3 is 1. The number of carbonyl (C=O) groups excluding carboxylic acids is 1. The number of aryl methyl sites for hydroxylation is 1. The van der Waals surface area contributed by atoms with E-state index in [-0.39, 0.29) is 11.9 Å². The maximum Gasteiger partial charge on any atom is 0.242 e. The highest BCUT2D eigenvalue weighted by atomic mass is 16.5. The number of amides is 1. The van der Waals surface area contributed by atoms with Crippen molar-refractivity contribution in [1.82, 2.24) is 15.3 Å². The van der Waals surface area contributed by atoms with Crippen molar-refractivity contribution in [3.8, 4) is 0 Å². The molecule has 1 aliphatic carbocycles. The summed E-state index contributed by atoms with van der Waals surface area (Å²) in [4.78, 5) is 20.4. The Morgan fingerprint density at radius 3 is 3.11 bits per heavy atom. The number of nitrogens with one attached hydrogen (secondary N) is 2. The Balaban J connectivity index is 1.94. The average Bonchev–Trinajstić information content (AvgIpc) is 2.88. The summed E-state index contributed by atoms with van der Waals surface area (Å²) < 4.78 is 4.90. The van der Waals surface area contributed by atoms with Gasteiger partial charge in [0.05, 0.1) is 6.61 Å². The summed E-state index contributed by atoms with van der Waals surface area (Å²) in [6.07, 6.45) is 4.65. The number of aromatic nitrogens is 2. The van der Waals surface area contributed by atoms with Crippen LogP contribution in [0, 0.1) is 0 Å². The molecule has 0 spiro atoms. The average molecular weight is 264 g/mol. The first kappa shape index (κ1) is 13.7. The van der Waals surface area contributed by atoms with Gasteiger partial charge in [0.1, 0.15) is 18.2 Å². The zero-order valence-electron chi connectivity index (χ0n) is 11.4. The first-order valence-electron chi connectivity index (χ1n) is 6.58. The van der Waals surface area contributed by atoms with Crippen LogP contribution in [-0.4, -0.2) is 42.2 Å². The molecule has 1 unspecified atom stereocenters. The van der Waals surface area contributed by atoms with E-state index in [0.717, 1.165) is 36.3 Å². The lowest BCUT2D eigenvalue weighted by Crippen LogP contribution is -2.39. The highest BCUT2D eigenvalue weighted by Gasteiger charge is 2.20. The third-order valence-corrected chi connectivity index (χ3v) is 3.23. The fourth-order valence-corrected chi connectivity index (χ4v) is 2.18. The van der Waals surface area contributed by atoms with Crippen LogP contribution in [0.5, 0.6) is 0 Å². The molecule has 19 heavy (non-hydrogen) atoms. The standard InChI is InChI=1S/C13H20N4O2/c1-9(13(18)14-6-7-19-2)17-12-10-4-3-5-11(10)15-8-16-12/h8-9H,3-7H2,1-2H3,(H,14,18)(H,15,16,17). The van der Waals surface area contributed by atoms with Gasteiger partial charge < -0.3 is 15.4 Å². The summed E-state index contributed by atoms with van der Waals surface area (Å²) in [6, 6.07) is -0.323. The molecule has 0 radical (unpaired) electrons. The van der Waals surface area contributed by atoms with Crippen molar-refractivity contribution in [2.45, 2.75) is 32.2 Å². The Morgan fingerprint density at radius 2 is 2.32 bits per heavy atom. The quantitative estimate of drug-likeness (QED) is 0.733. The Bertz CT molecular complexity index is 450. The second kappa shape index (κ2) is 6.47. The van der Waals surface area contributed by atoms with E-state index < -0.39 is 0 Å². The molecule has 1 aromatic heterocycles. The van der Waals surface area contributed by atoms with Crippen LogP contribution in [0.4, 0.5) is 5.82 Å². The van der Waals surface area contributed by atoms with E-state index >= 15 is 0 Å². The maximum atomic E-state index is 11.8. The van der Waals surface area contributed by atoms with Crippen LogP contribution < -0.4 is 10.6 Å². The Hall–Kier alpha value is -1.69. The van der Waals surface area contributed by atoms with Gasteiger partial charge in [-0.2, -0.15) is 0 Å². The van der Waals surface area contributed by atoms with E-state index in [9.17, 15) is 4.79 Å². The monoisotopic (exact) mass is 264 g/mol. The number of fused-ring (bicyclic) bond motifs is 1. The van der Waals surface area contributed by atoms with Gasteiger partial charge in [0, 0.05) is 24.9 Å². The molecule has 1 aliphatic rings. The highest BCUT2D eigenvalue weighted by Crippen LogP contribution is 2.25. The van der Waals surface area contributed by atoms with Crippen LogP contribution in [0.2, 0.25) is 0 Å². The third kappa shape index (κ3) is 3.41. The lowest BCUT2D eigenvalue weighted by Gasteiger charge is -2.16. The molecule has 0 fully saturated rings. The SMILES string of the molecule is COCCNC(=O)C(C)Nc1ncnc2c1CCC2. The predicted octanol–water partition coefficient (Wildman–Crippen LogP) is 0.528. The first-order valence-corrected chi connectivity index (χ1v) is 6.58. The van der Waals surface area contributed by atoms with Crippen molar-refractivity contribution in [3.63, 3.8) is 0 Å². The van der Waals surface area contributed by atoms with E-state index in [1.807, 2.05) is 6.92 Å². The largest absolute Gasteiger partial charge is 0.383 e. The number of anilines is 1. The minimum atomic E-state index is -0.323. The lowest BCUT2D eigenvalue weighted by atomic mass is 10.2. The summed E-state index contributed by atoms with van der Waals surface area (Å²) in [5.74, 6) is 0.735. The van der Waals surface area contributed by atoms with Crippen LogP contribution in [0.15, 0.2) is 6.33 Å². The zero-order valence-corrected chi connectivity index (χ0v) is 11.4. The molecule has 0 saturated carbocycles. The van der Waals surface area contributed by atoms with Gasteiger partial charge in [-0.05, 0) is 26.2 Å². The normalized spacial score (nSPS) is 14.8. The van der Waals surface area contributed by atoms with Crippen molar-refractivity contribution < 1.29 is 9.53 Å². The lowest BCUT2D eigenvalue weighted by molar-refractivity contribution is -0.121. The number of rotatable bonds is 6. The molecule has 2 rings (SSSR count). The van der Waals surface area contributed by atoms with Gasteiger partial charge in [-0.3, -0.25) is 4.79 Å². The molecule has 6 heteroatoms. The highest BCUT2D eigenvalue weighted by molar-refractivity contribution is 5.84. The van der Waals surface area contributed by atoms with Gasteiger partial charge in [-0.15, -0.1) is 0 Å². The number of nitrogens with zero attached hydrogens (tertiary/aromatic N) is 2. The number of carbonyl (C=O) groups is 1. The summed E-state index contributed by atoms with van der Waals surface area (Å²) >= 11 is 0. The molecule has 0 bridgehead atoms. The fraction of sp³-hybridized carbons (Fsp3) is 0.615. The Kier molecular flexibility index (Phi) is 4.68. The van der Waals surface area contributed by atoms with Crippen molar-refractivity contribution >= 4 is 11.7 Å². The van der Waals surface area contributed by atoms with Gasteiger partial charge in [0.25, 0.3) is 0 Å². The van der Waals surface area contributed by atoms with E-state index in [1.165, 1.54) is 0 Å². The van der Waals surface area contributed by atoms with E-state index in [2.05, 4.69) is 20.6 Å². The van der Waals surface area contributed by atoms with E-state index in [4.69, 9.17) is 4.74 Å². The molecule has 0 aliphatic heterocycles. The summed E-state index contributed by atoms with van der Waals surface area (Å²) in [5.41, 5.74) is 2.25. The molecular weight excluding hydrogens is 244 g/mol. The van der Waals surface area contributed by atoms with Crippen LogP contribution >= 0.6 is 0 Å². The number of hydrogen-bond acceptors (Lipinski definition) is 5. The summed E-state index contributed by atoms with van der Waals surface area (Å²) in [5, 5.41) is 5.97. The first-order chi connectivity index (χ1) is 9.22. The number of ether oxygens (including phenoxy) is 1. The van der Waals surface area contributed by atoms with Gasteiger partial charge >= 0.3 is 0 Å². The minimum absolute atomic E-state index is 0.0533. The minimum Gasteiger partial charge on any atom is -0.383 e. The molecule has 1 aromatic rings. The number of hydrogen-bond donors (Lipinski definition) is 2. The topological polar surface area (TPSA) is 76.1 Å². The van der Waals surface area contributed by atoms with Crippen LogP contribution in [0.3, 0.4) is 0 Å². The van der Waals surface area contributed by atoms with Gasteiger partial charge in [-0.1, -0.05) is 0 Å². The molecule has 1 atom stereocenters. The molecule has 2 N–H and O–H groups in total. The second-order valence-corrected chi connectivity index (χ2v) is 4.65. The van der Waals surface area contributed by atoms with Crippen molar-refractivity contribution in [1.29, 1.82) is 0 Å². The molecular formula is C13H20N4O2. The molecule has 1 heterocycles. The van der Waals surface area contributed by atoms with Gasteiger partial charge in [-0.25, -0.2) is 9.97 Å². The van der Waals surface area contributed by atoms with Gasteiger partial charge in [0.15, 0.2) is 0 Å². The van der Waals surface area contributed by atoms with E-state index in [1.54, 1.807) is 13.4 Å². The van der Waals surface area contributed by atoms with Crippen LogP contribution in [0.1, 0.15) is 24.6 Å². The summed E-state index contributed by atoms with van der Waals surface area (Å²) in [7, 11) is 1.61. The van der Waals surface area contributed by atoms with Crippen LogP contribution in [0.25, 0.3) is 0 Å². The summed E-state index contributed by atoms with van der Waals surface area (Å²) in [6.45, 7) is 2.86. The molecule has 6 nitrogen and oxygen atoms in total. The fourth-order valence-electron chi connectivity index (χ4n) is 2.18. The van der Waals surface area contributed by atoms with Crippen LogP contribution in [-0.2, 0) is 22.4 Å². The second-order valence-electron chi connectivity index (χ2n) is 4.65. The van der Waals surface area contributed by atoms with E-state index in [0.29, 0.717) is 13.2 Å². The Labute approximate surface area is 113 Å². The molecule has 0 saturated heterocycles. The van der Waals surface area contributed by atoms with Crippen molar-refractivity contribution in [3.05, 3.63) is 17.6 Å².